The summed E-state index contributed by atoms with van der Waals surface area (Å²) in [5.74, 6) is 0. The van der Waals surface area contributed by atoms with Gasteiger partial charge in [-0.05, 0) is 23.1 Å². The van der Waals surface area contributed by atoms with Crippen molar-refractivity contribution in [1.82, 2.24) is 0 Å². The molecule has 0 bridgehead atoms. The van der Waals surface area contributed by atoms with Crippen molar-refractivity contribution < 1.29 is 9.95 Å². The van der Waals surface area contributed by atoms with Gasteiger partial charge in [0.25, 0.3) is 5.04 Å². The second kappa shape index (κ2) is 6.26. The smallest absolute Gasteiger partial charge is 0.289 e. The van der Waals surface area contributed by atoms with Crippen LogP contribution in [0.3, 0.4) is 0 Å². The number of benzene rings is 2. The summed E-state index contributed by atoms with van der Waals surface area (Å²) in [5.41, 5.74) is 2.12. The molecule has 0 atom stereocenters. The number of rotatable bonds is 3. The van der Waals surface area contributed by atoms with E-state index in [4.69, 9.17) is 0 Å². The second-order valence-corrected chi connectivity index (χ2v) is 4.71. The van der Waals surface area contributed by atoms with Crippen LogP contribution in [-0.2, 0) is 6.54 Å². The van der Waals surface area contributed by atoms with Gasteiger partial charge in [-0.3, -0.25) is 5.21 Å². The lowest BCUT2D eigenvalue weighted by Gasteiger charge is -2.01. The SMILES string of the molecule is CS/C(c1ccccc1)=[N+](\O)Cc1ccccc1. The van der Waals surface area contributed by atoms with E-state index in [0.29, 0.717) is 6.54 Å². The van der Waals surface area contributed by atoms with E-state index in [0.717, 1.165) is 16.2 Å². The highest BCUT2D eigenvalue weighted by molar-refractivity contribution is 8.13. The maximum atomic E-state index is 10.2. The molecule has 2 aromatic rings. The van der Waals surface area contributed by atoms with Crippen LogP contribution in [0.25, 0.3) is 0 Å². The third-order valence-electron chi connectivity index (χ3n) is 2.62. The molecule has 0 fully saturated rings. The molecule has 2 nitrogen and oxygen atoms in total. The quantitative estimate of drug-likeness (QED) is 0.300. The molecule has 2 rings (SSSR count). The first-order valence-corrected chi connectivity index (χ1v) is 7.00. The topological polar surface area (TPSA) is 23.2 Å². The first kappa shape index (κ1) is 12.7. The summed E-state index contributed by atoms with van der Waals surface area (Å²) in [6, 6.07) is 19.9. The lowest BCUT2D eigenvalue weighted by Crippen LogP contribution is -2.16. The molecule has 0 aromatic heterocycles. The maximum Gasteiger partial charge on any atom is 0.291 e. The van der Waals surface area contributed by atoms with E-state index < -0.39 is 0 Å². The molecule has 0 unspecified atom stereocenters. The summed E-state index contributed by atoms with van der Waals surface area (Å²) in [6.07, 6.45) is 1.97. The molecule has 1 N–H and O–H groups in total. The molecule has 0 saturated carbocycles. The zero-order valence-corrected chi connectivity index (χ0v) is 11.1. The van der Waals surface area contributed by atoms with E-state index in [-0.39, 0.29) is 0 Å². The van der Waals surface area contributed by atoms with Gasteiger partial charge in [0.1, 0.15) is 0 Å². The summed E-state index contributed by atoms with van der Waals surface area (Å²) in [5, 5.41) is 11.1. The van der Waals surface area contributed by atoms with Crippen LogP contribution in [0.1, 0.15) is 11.1 Å². The molecule has 2 aromatic carbocycles. The van der Waals surface area contributed by atoms with Crippen molar-refractivity contribution in [2.24, 2.45) is 0 Å². The first-order valence-electron chi connectivity index (χ1n) is 5.78. The van der Waals surface area contributed by atoms with Crippen molar-refractivity contribution in [2.75, 3.05) is 6.26 Å². The van der Waals surface area contributed by atoms with Gasteiger partial charge in [-0.2, -0.15) is 0 Å². The highest BCUT2D eigenvalue weighted by atomic mass is 32.2. The molecule has 18 heavy (non-hydrogen) atoms. The molecule has 0 saturated heterocycles. The van der Waals surface area contributed by atoms with E-state index in [1.807, 2.05) is 66.9 Å². The fraction of sp³-hybridized carbons (Fsp3) is 0.133. The van der Waals surface area contributed by atoms with Crippen LogP contribution in [-0.4, -0.2) is 21.2 Å². The summed E-state index contributed by atoms with van der Waals surface area (Å²) < 4.78 is 1.30. The Morgan fingerprint density at radius 3 is 2.11 bits per heavy atom. The van der Waals surface area contributed by atoms with Gasteiger partial charge in [-0.15, -0.1) is 0 Å². The minimum absolute atomic E-state index is 0.492. The van der Waals surface area contributed by atoms with Crippen LogP contribution in [0.4, 0.5) is 0 Å². The molecule has 0 heterocycles. The fourth-order valence-electron chi connectivity index (χ4n) is 1.78. The lowest BCUT2D eigenvalue weighted by molar-refractivity contribution is -0.784. The van der Waals surface area contributed by atoms with E-state index in [1.165, 1.54) is 4.74 Å². The zero-order chi connectivity index (χ0) is 12.8. The Balaban J connectivity index is 2.27. The average molecular weight is 258 g/mol. The van der Waals surface area contributed by atoms with Gasteiger partial charge >= 0.3 is 0 Å². The summed E-state index contributed by atoms with van der Waals surface area (Å²) in [6.45, 7) is 0.492. The number of hydrogen-bond donors (Lipinski definition) is 1. The molecular formula is C15H16NOS+. The molecule has 3 heteroatoms. The van der Waals surface area contributed by atoms with Crippen LogP contribution in [0.2, 0.25) is 0 Å². The van der Waals surface area contributed by atoms with Crippen LogP contribution < -0.4 is 0 Å². The van der Waals surface area contributed by atoms with Crippen LogP contribution >= 0.6 is 11.8 Å². The highest BCUT2D eigenvalue weighted by Gasteiger charge is 2.16. The van der Waals surface area contributed by atoms with E-state index in [9.17, 15) is 5.21 Å². The molecule has 0 radical (unpaired) electrons. The Morgan fingerprint density at radius 1 is 1.00 bits per heavy atom. The Labute approximate surface area is 112 Å². The predicted molar refractivity (Wildman–Crippen MR) is 76.3 cm³/mol. The number of thioether (sulfide) groups is 1. The lowest BCUT2D eigenvalue weighted by atomic mass is 10.2. The van der Waals surface area contributed by atoms with Gasteiger partial charge in [0, 0.05) is 5.56 Å². The van der Waals surface area contributed by atoms with Crippen molar-refractivity contribution >= 4 is 16.8 Å². The van der Waals surface area contributed by atoms with Crippen molar-refractivity contribution in [3.05, 3.63) is 71.8 Å². The van der Waals surface area contributed by atoms with Crippen LogP contribution in [0, 0.1) is 0 Å². The maximum absolute atomic E-state index is 10.2. The summed E-state index contributed by atoms with van der Waals surface area (Å²) in [7, 11) is 0. The summed E-state index contributed by atoms with van der Waals surface area (Å²) >= 11 is 1.54. The van der Waals surface area contributed by atoms with Gasteiger partial charge in [-0.1, -0.05) is 60.3 Å². The molecule has 0 spiro atoms. The van der Waals surface area contributed by atoms with E-state index >= 15 is 0 Å². The molecule has 0 aliphatic heterocycles. The van der Waals surface area contributed by atoms with E-state index in [2.05, 4.69) is 0 Å². The Morgan fingerprint density at radius 2 is 1.56 bits per heavy atom. The number of hydroxylamine groups is 1. The average Bonchev–Trinajstić information content (AvgIpc) is 2.42. The minimum atomic E-state index is 0.492. The second-order valence-electron chi connectivity index (χ2n) is 3.92. The molecular weight excluding hydrogens is 242 g/mol. The van der Waals surface area contributed by atoms with Crippen molar-refractivity contribution in [2.45, 2.75) is 6.54 Å². The van der Waals surface area contributed by atoms with E-state index in [1.54, 1.807) is 11.8 Å². The third kappa shape index (κ3) is 3.14. The van der Waals surface area contributed by atoms with Crippen LogP contribution in [0.5, 0.6) is 0 Å². The van der Waals surface area contributed by atoms with Gasteiger partial charge in [-0.25, -0.2) is 0 Å². The molecule has 92 valence electrons. The van der Waals surface area contributed by atoms with Crippen molar-refractivity contribution in [1.29, 1.82) is 0 Å². The third-order valence-corrected chi connectivity index (χ3v) is 3.46. The van der Waals surface area contributed by atoms with Gasteiger partial charge in [0.2, 0.25) is 6.54 Å². The molecule has 0 aliphatic carbocycles. The normalized spacial score (nSPS) is 12.1. The Bertz CT molecular complexity index is 523. The summed E-state index contributed by atoms with van der Waals surface area (Å²) in [4.78, 5) is 0. The monoisotopic (exact) mass is 258 g/mol. The molecule has 0 aliphatic rings. The van der Waals surface area contributed by atoms with Gasteiger partial charge in [0.15, 0.2) is 0 Å². The standard InChI is InChI=1S/C15H16NOS/c1-18-15(14-10-6-3-7-11-14)16(17)12-13-8-4-2-5-9-13/h2-11,17H,12H2,1H3/q+1/b16-15-. The Kier molecular flexibility index (Phi) is 4.42. The minimum Gasteiger partial charge on any atom is -0.289 e. The Hall–Kier alpha value is -1.74. The van der Waals surface area contributed by atoms with Crippen molar-refractivity contribution in [3.63, 3.8) is 0 Å². The predicted octanol–water partition coefficient (Wildman–Crippen LogP) is 3.40. The number of nitrogens with zero attached hydrogens (tertiary/aromatic N) is 1. The number of hydrogen-bond acceptors (Lipinski definition) is 2. The zero-order valence-electron chi connectivity index (χ0n) is 10.3. The molecule has 0 amide bonds. The van der Waals surface area contributed by atoms with Crippen LogP contribution in [0.15, 0.2) is 60.7 Å². The van der Waals surface area contributed by atoms with Gasteiger partial charge < -0.3 is 0 Å². The van der Waals surface area contributed by atoms with Gasteiger partial charge in [0.05, 0.1) is 5.56 Å². The first-order chi connectivity index (χ1) is 8.81. The fourth-order valence-corrected chi connectivity index (χ4v) is 2.43. The highest BCUT2D eigenvalue weighted by Crippen LogP contribution is 2.11. The van der Waals surface area contributed by atoms with Crippen molar-refractivity contribution in [3.8, 4) is 0 Å². The largest absolute Gasteiger partial charge is 0.291 e.